The lowest BCUT2D eigenvalue weighted by molar-refractivity contribution is -0.137. The number of carbonyl (C=O) groups is 2. The van der Waals surface area contributed by atoms with Crippen molar-refractivity contribution >= 4 is 23.8 Å². The molecule has 0 unspecified atom stereocenters. The van der Waals surface area contributed by atoms with Crippen molar-refractivity contribution in [2.45, 2.75) is 20.4 Å². The fourth-order valence-electron chi connectivity index (χ4n) is 2.42. The normalized spacial score (nSPS) is 10.6. The van der Waals surface area contributed by atoms with Crippen molar-refractivity contribution in [3.05, 3.63) is 71.6 Å². The largest absolute Gasteiger partial charge is 0.463 e. The second-order valence-corrected chi connectivity index (χ2v) is 5.78. The van der Waals surface area contributed by atoms with Gasteiger partial charge in [0.2, 0.25) is 0 Å². The van der Waals surface area contributed by atoms with Gasteiger partial charge in [-0.1, -0.05) is 24.3 Å². The SMILES string of the molecule is CCOC(=O)/C=C/c1ccc(NC(=O)N(CC)Cc2cccc(F)c2)cc1. The van der Waals surface area contributed by atoms with E-state index in [0.717, 1.165) is 11.1 Å². The molecule has 5 nitrogen and oxygen atoms in total. The predicted molar refractivity (Wildman–Crippen MR) is 104 cm³/mol. The highest BCUT2D eigenvalue weighted by Gasteiger charge is 2.12. The number of esters is 1. The third-order valence-corrected chi connectivity index (χ3v) is 3.79. The smallest absolute Gasteiger partial charge is 0.330 e. The molecule has 1 N–H and O–H groups in total. The summed E-state index contributed by atoms with van der Waals surface area (Å²) >= 11 is 0. The summed E-state index contributed by atoms with van der Waals surface area (Å²) in [5.74, 6) is -0.721. The van der Waals surface area contributed by atoms with Crippen LogP contribution in [0.4, 0.5) is 14.9 Å². The van der Waals surface area contributed by atoms with E-state index in [1.807, 2.05) is 6.92 Å². The molecule has 0 aliphatic heterocycles. The Kier molecular flexibility index (Phi) is 7.55. The maximum Gasteiger partial charge on any atom is 0.330 e. The van der Waals surface area contributed by atoms with Gasteiger partial charge in [0.25, 0.3) is 0 Å². The minimum atomic E-state index is -0.397. The average Bonchev–Trinajstić information content (AvgIpc) is 2.66. The van der Waals surface area contributed by atoms with E-state index in [2.05, 4.69) is 5.32 Å². The van der Waals surface area contributed by atoms with Gasteiger partial charge in [-0.3, -0.25) is 0 Å². The molecule has 0 bridgehead atoms. The van der Waals surface area contributed by atoms with Crippen LogP contribution in [0, 0.1) is 5.82 Å². The number of carbonyl (C=O) groups excluding carboxylic acids is 2. The van der Waals surface area contributed by atoms with Gasteiger partial charge in [-0.05, 0) is 55.3 Å². The van der Waals surface area contributed by atoms with Crippen LogP contribution in [0.1, 0.15) is 25.0 Å². The lowest BCUT2D eigenvalue weighted by Gasteiger charge is -2.21. The molecule has 2 aromatic rings. The zero-order valence-electron chi connectivity index (χ0n) is 15.4. The number of hydrogen-bond acceptors (Lipinski definition) is 3. The van der Waals surface area contributed by atoms with Crippen molar-refractivity contribution in [1.82, 2.24) is 4.90 Å². The van der Waals surface area contributed by atoms with E-state index >= 15 is 0 Å². The number of benzene rings is 2. The third kappa shape index (κ3) is 6.58. The quantitative estimate of drug-likeness (QED) is 0.578. The number of nitrogens with zero attached hydrogens (tertiary/aromatic N) is 1. The summed E-state index contributed by atoms with van der Waals surface area (Å²) in [6.45, 7) is 4.75. The van der Waals surface area contributed by atoms with Gasteiger partial charge < -0.3 is 15.0 Å². The average molecular weight is 370 g/mol. The van der Waals surface area contributed by atoms with Crippen LogP contribution >= 0.6 is 0 Å². The summed E-state index contributed by atoms with van der Waals surface area (Å²) in [6, 6.07) is 13.0. The van der Waals surface area contributed by atoms with Crippen LogP contribution in [-0.4, -0.2) is 30.1 Å². The molecule has 0 fully saturated rings. The molecule has 0 atom stereocenters. The summed E-state index contributed by atoms with van der Waals surface area (Å²) in [4.78, 5) is 25.4. The van der Waals surface area contributed by atoms with Gasteiger partial charge in [0.05, 0.1) is 6.61 Å². The summed E-state index contributed by atoms with van der Waals surface area (Å²) in [5, 5.41) is 2.82. The summed E-state index contributed by atoms with van der Waals surface area (Å²) in [5.41, 5.74) is 2.17. The molecule has 2 amide bonds. The first-order chi connectivity index (χ1) is 13.0. The standard InChI is InChI=1S/C21H23FN2O3/c1-3-24(15-17-6-5-7-18(22)14-17)21(26)23-19-11-8-16(9-12-19)10-13-20(25)27-4-2/h5-14H,3-4,15H2,1-2H3,(H,23,26)/b13-10+. The molecular formula is C21H23FN2O3. The third-order valence-electron chi connectivity index (χ3n) is 3.79. The second kappa shape index (κ2) is 10.1. The van der Waals surface area contributed by atoms with E-state index < -0.39 is 5.97 Å². The van der Waals surface area contributed by atoms with Crippen molar-refractivity contribution in [2.24, 2.45) is 0 Å². The molecule has 0 saturated carbocycles. The summed E-state index contributed by atoms with van der Waals surface area (Å²) in [7, 11) is 0. The van der Waals surface area contributed by atoms with E-state index in [-0.39, 0.29) is 11.8 Å². The van der Waals surface area contributed by atoms with Gasteiger partial charge in [-0.2, -0.15) is 0 Å². The van der Waals surface area contributed by atoms with Crippen LogP contribution in [0.2, 0.25) is 0 Å². The minimum Gasteiger partial charge on any atom is -0.463 e. The Morgan fingerprint density at radius 1 is 1.15 bits per heavy atom. The number of urea groups is 1. The lowest BCUT2D eigenvalue weighted by Crippen LogP contribution is -2.34. The molecule has 0 radical (unpaired) electrons. The molecule has 0 saturated heterocycles. The van der Waals surface area contributed by atoms with Gasteiger partial charge in [-0.15, -0.1) is 0 Å². The van der Waals surface area contributed by atoms with E-state index in [1.54, 1.807) is 54.3 Å². The van der Waals surface area contributed by atoms with Crippen LogP contribution in [0.5, 0.6) is 0 Å². The van der Waals surface area contributed by atoms with Gasteiger partial charge in [0.1, 0.15) is 5.82 Å². The molecule has 0 aliphatic rings. The lowest BCUT2D eigenvalue weighted by atomic mass is 10.2. The van der Waals surface area contributed by atoms with Crippen molar-refractivity contribution in [2.75, 3.05) is 18.5 Å². The van der Waals surface area contributed by atoms with E-state index in [1.165, 1.54) is 18.2 Å². The van der Waals surface area contributed by atoms with E-state index in [0.29, 0.717) is 25.4 Å². The topological polar surface area (TPSA) is 58.6 Å². The van der Waals surface area contributed by atoms with Crippen molar-refractivity contribution in [3.63, 3.8) is 0 Å². The number of nitrogens with one attached hydrogen (secondary N) is 1. The van der Waals surface area contributed by atoms with Crippen molar-refractivity contribution in [3.8, 4) is 0 Å². The molecule has 0 aliphatic carbocycles. The fraction of sp³-hybridized carbons (Fsp3) is 0.238. The Hall–Kier alpha value is -3.15. The number of ether oxygens (including phenoxy) is 1. The number of anilines is 1. The Bertz CT molecular complexity index is 803. The summed E-state index contributed by atoms with van der Waals surface area (Å²) in [6.07, 6.45) is 3.00. The minimum absolute atomic E-state index is 0.267. The second-order valence-electron chi connectivity index (χ2n) is 5.78. The highest BCUT2D eigenvalue weighted by molar-refractivity contribution is 5.90. The first-order valence-corrected chi connectivity index (χ1v) is 8.77. The van der Waals surface area contributed by atoms with Crippen molar-refractivity contribution in [1.29, 1.82) is 0 Å². The van der Waals surface area contributed by atoms with E-state index in [9.17, 15) is 14.0 Å². The Balaban J connectivity index is 1.96. The molecule has 27 heavy (non-hydrogen) atoms. The fourth-order valence-corrected chi connectivity index (χ4v) is 2.42. The number of halogens is 1. The Morgan fingerprint density at radius 2 is 1.89 bits per heavy atom. The van der Waals surface area contributed by atoms with Crippen LogP contribution in [0.3, 0.4) is 0 Å². The number of hydrogen-bond donors (Lipinski definition) is 1. The molecule has 0 spiro atoms. The number of amides is 2. The van der Waals surface area contributed by atoms with Crippen LogP contribution in [0.15, 0.2) is 54.6 Å². The molecular weight excluding hydrogens is 347 g/mol. The highest BCUT2D eigenvalue weighted by Crippen LogP contribution is 2.13. The van der Waals surface area contributed by atoms with Gasteiger partial charge in [0, 0.05) is 24.9 Å². The zero-order valence-corrected chi connectivity index (χ0v) is 15.4. The Labute approximate surface area is 158 Å². The van der Waals surface area contributed by atoms with Gasteiger partial charge in [0.15, 0.2) is 0 Å². The van der Waals surface area contributed by atoms with Crippen LogP contribution < -0.4 is 5.32 Å². The first kappa shape index (κ1) is 20.2. The van der Waals surface area contributed by atoms with E-state index in [4.69, 9.17) is 4.74 Å². The summed E-state index contributed by atoms with van der Waals surface area (Å²) < 4.78 is 18.1. The zero-order chi connectivity index (χ0) is 19.6. The number of rotatable bonds is 7. The van der Waals surface area contributed by atoms with Gasteiger partial charge in [-0.25, -0.2) is 14.0 Å². The monoisotopic (exact) mass is 370 g/mol. The molecule has 0 aromatic heterocycles. The molecule has 6 heteroatoms. The molecule has 142 valence electrons. The molecule has 2 aromatic carbocycles. The van der Waals surface area contributed by atoms with Crippen LogP contribution in [-0.2, 0) is 16.1 Å². The maximum atomic E-state index is 13.3. The Morgan fingerprint density at radius 3 is 2.52 bits per heavy atom. The van der Waals surface area contributed by atoms with Crippen LogP contribution in [0.25, 0.3) is 6.08 Å². The molecule has 0 heterocycles. The van der Waals surface area contributed by atoms with Crippen molar-refractivity contribution < 1.29 is 18.7 Å². The maximum absolute atomic E-state index is 13.3. The predicted octanol–water partition coefficient (Wildman–Crippen LogP) is 4.46. The highest BCUT2D eigenvalue weighted by atomic mass is 19.1. The van der Waals surface area contributed by atoms with Gasteiger partial charge >= 0.3 is 12.0 Å². The first-order valence-electron chi connectivity index (χ1n) is 8.77. The molecule has 2 rings (SSSR count).